The van der Waals surface area contributed by atoms with E-state index in [0.717, 1.165) is 6.92 Å². The van der Waals surface area contributed by atoms with Gasteiger partial charge in [0.25, 0.3) is 0 Å². The van der Waals surface area contributed by atoms with Gasteiger partial charge in [-0.15, -0.1) is 0 Å². The van der Waals surface area contributed by atoms with E-state index in [0.29, 0.717) is 6.08 Å². The maximum atomic E-state index is 11.2. The number of hydrogen-bond donors (Lipinski definition) is 7. The number of nitrogens with one attached hydrogen (secondary N) is 1. The summed E-state index contributed by atoms with van der Waals surface area (Å²) in [6.07, 6.45) is -11.8. The summed E-state index contributed by atoms with van der Waals surface area (Å²) in [6, 6.07) is -1.68. The molecule has 1 heterocycles. The Morgan fingerprint density at radius 1 is 1.31 bits per heavy atom. The van der Waals surface area contributed by atoms with Crippen molar-refractivity contribution in [3.8, 4) is 0 Å². The Bertz CT molecular complexity index is 777. The van der Waals surface area contributed by atoms with Crippen LogP contribution in [0.1, 0.15) is 6.92 Å². The molecule has 7 N–H and O–H groups in total. The fourth-order valence-electron chi connectivity index (χ4n) is 2.41. The number of amides is 1. The molecule has 0 spiro atoms. The van der Waals surface area contributed by atoms with E-state index >= 15 is 0 Å². The number of carboxylic acids is 1. The van der Waals surface area contributed by atoms with Crippen LogP contribution in [0.2, 0.25) is 0 Å². The van der Waals surface area contributed by atoms with Gasteiger partial charge >= 0.3 is 16.4 Å². The Balaban J connectivity index is 0. The molecular weight excluding hydrogens is 484 g/mol. The van der Waals surface area contributed by atoms with E-state index in [-0.39, 0.29) is 65.4 Å². The number of ether oxygens (including phenoxy) is 2. The molecule has 0 aromatic carbocycles. The van der Waals surface area contributed by atoms with Gasteiger partial charge in [0.1, 0.15) is 36.7 Å². The minimum Gasteiger partial charge on any atom is -0.475 e. The molecule has 0 aliphatic carbocycles. The van der Waals surface area contributed by atoms with Gasteiger partial charge in [-0.25, -0.2) is 8.98 Å². The van der Waals surface area contributed by atoms with Crippen molar-refractivity contribution in [1.29, 1.82) is 0 Å². The predicted molar refractivity (Wildman–Crippen MR) is 102 cm³/mol. The largest absolute Gasteiger partial charge is 0.475 e. The molecule has 1 rings (SSSR count). The fourth-order valence-corrected chi connectivity index (χ4v) is 2.89. The van der Waals surface area contributed by atoms with Crippen LogP contribution in [-0.2, 0) is 38.4 Å². The van der Waals surface area contributed by atoms with Gasteiger partial charge in [-0.2, -0.15) is 8.42 Å². The quantitative estimate of drug-likeness (QED) is 0.0789. The van der Waals surface area contributed by atoms with Crippen molar-refractivity contribution in [3.63, 3.8) is 0 Å². The number of aldehydes is 1. The topological polar surface area (TPSA) is 246 Å². The summed E-state index contributed by atoms with van der Waals surface area (Å²) >= 11 is 0. The van der Waals surface area contributed by atoms with Crippen molar-refractivity contribution < 1.29 is 66.5 Å². The number of aliphatic carboxylic acids is 1. The minimum absolute atomic E-state index is 0. The van der Waals surface area contributed by atoms with Gasteiger partial charge in [0.2, 0.25) is 18.0 Å². The fraction of sp³-hybridized carbons (Fsp3) is 0.643. The Morgan fingerprint density at radius 2 is 1.88 bits per heavy atom. The van der Waals surface area contributed by atoms with Gasteiger partial charge < -0.3 is 45.1 Å². The summed E-state index contributed by atoms with van der Waals surface area (Å²) in [6.45, 7) is -0.0732. The van der Waals surface area contributed by atoms with Crippen LogP contribution in [0.3, 0.4) is 0 Å². The monoisotopic (exact) mass is 505 g/mol. The zero-order valence-electron chi connectivity index (χ0n) is 17.3. The molecule has 0 saturated heterocycles. The molecule has 174 valence electrons. The van der Waals surface area contributed by atoms with Crippen molar-refractivity contribution in [2.24, 2.45) is 0 Å². The van der Waals surface area contributed by atoms with E-state index in [2.05, 4.69) is 4.18 Å². The summed E-state index contributed by atoms with van der Waals surface area (Å²) < 4.78 is 45.1. The number of carbonyl (C=O) groups is 3. The average Bonchev–Trinajstić information content (AvgIpc) is 2.63. The van der Waals surface area contributed by atoms with Gasteiger partial charge in [0.05, 0.1) is 6.61 Å². The predicted octanol–water partition coefficient (Wildman–Crippen LogP) is -5.10. The summed E-state index contributed by atoms with van der Waals surface area (Å²) in [7, 11) is -5.23. The number of carbonyl (C=O) groups excluding carboxylic acids is 2. The van der Waals surface area contributed by atoms with Crippen molar-refractivity contribution in [2.75, 3.05) is 6.61 Å². The van der Waals surface area contributed by atoms with Crippen LogP contribution in [-0.4, -0.2) is 165 Å². The Morgan fingerprint density at radius 3 is 2.28 bits per heavy atom. The molecule has 1 aliphatic rings. The standard InChI is InChI=1S/C14H21NO14S.2Na/c1-5(18)15-6(3-16)10(21)11(8(20)4-17)28-14-12(29-30(24,25)26)7(19)2-9(27-14)13(22)23;;/h2-3,6-8,10-12,14,17,19-21H,4H2,1H3,(H,15,18)(H,22,23)(H,24,25,26);;/t6-,7-,8+,10+,11+,12+,14-;;/m0../s1. The first-order valence-electron chi connectivity index (χ1n) is 8.11. The molecular formula is C14H21NNa2O14S. The van der Waals surface area contributed by atoms with E-state index in [4.69, 9.17) is 19.1 Å². The van der Waals surface area contributed by atoms with E-state index in [1.54, 1.807) is 0 Å². The van der Waals surface area contributed by atoms with Gasteiger partial charge in [-0.1, -0.05) is 0 Å². The molecule has 7 atom stereocenters. The first kappa shape index (κ1) is 34.0. The Hall–Kier alpha value is -0.180. The molecule has 1 amide bonds. The second-order valence-corrected chi connectivity index (χ2v) is 7.05. The molecule has 0 saturated carbocycles. The summed E-state index contributed by atoms with van der Waals surface area (Å²) in [5.41, 5.74) is 0. The zero-order valence-corrected chi connectivity index (χ0v) is 22.1. The Labute approximate surface area is 226 Å². The Kier molecular flexibility index (Phi) is 15.9. The third-order valence-electron chi connectivity index (χ3n) is 3.69. The minimum atomic E-state index is -5.23. The third-order valence-corrected chi connectivity index (χ3v) is 4.16. The van der Waals surface area contributed by atoms with Gasteiger partial charge in [-0.05, 0) is 6.08 Å². The maximum absolute atomic E-state index is 11.2. The smallest absolute Gasteiger partial charge is 0.397 e. The van der Waals surface area contributed by atoms with E-state index in [9.17, 15) is 43.2 Å². The number of carboxylic acid groups (broad SMARTS) is 1. The van der Waals surface area contributed by atoms with Crippen molar-refractivity contribution in [1.82, 2.24) is 5.32 Å². The van der Waals surface area contributed by atoms with Crippen LogP contribution in [0.5, 0.6) is 0 Å². The molecule has 0 bridgehead atoms. The first-order chi connectivity index (χ1) is 13.8. The van der Waals surface area contributed by atoms with Crippen LogP contribution < -0.4 is 5.32 Å². The van der Waals surface area contributed by atoms with Crippen LogP contribution in [0.4, 0.5) is 0 Å². The second-order valence-electron chi connectivity index (χ2n) is 6.01. The summed E-state index contributed by atoms with van der Waals surface area (Å²) in [5.74, 6) is -3.43. The molecule has 0 aromatic heterocycles. The number of aliphatic hydroxyl groups is 4. The molecule has 0 unspecified atom stereocenters. The van der Waals surface area contributed by atoms with Crippen molar-refractivity contribution >= 4 is 87.7 Å². The van der Waals surface area contributed by atoms with Crippen LogP contribution in [0.25, 0.3) is 0 Å². The second kappa shape index (κ2) is 14.9. The van der Waals surface area contributed by atoms with Crippen LogP contribution in [0, 0.1) is 0 Å². The van der Waals surface area contributed by atoms with Gasteiger partial charge in [0.15, 0.2) is 6.10 Å². The third kappa shape index (κ3) is 10.4. The van der Waals surface area contributed by atoms with Crippen molar-refractivity contribution in [3.05, 3.63) is 11.8 Å². The number of aliphatic hydroxyl groups excluding tert-OH is 4. The SMILES string of the molecule is CC(=O)N[C@@H](C=O)[C@@H](O)[C@H](O[C@@H]1OC(C(=O)O)=C[C@H](O)[C@H]1OS(=O)(=O)O)[C@H](O)CO.[Na].[Na]. The zero-order chi connectivity index (χ0) is 23.2. The van der Waals surface area contributed by atoms with E-state index in [1.807, 2.05) is 5.32 Å². The molecule has 1 aliphatic heterocycles. The average molecular weight is 505 g/mol. The molecule has 32 heavy (non-hydrogen) atoms. The summed E-state index contributed by atoms with van der Waals surface area (Å²) in [4.78, 5) is 33.4. The first-order valence-corrected chi connectivity index (χ1v) is 9.47. The number of hydrogen-bond acceptors (Lipinski definition) is 12. The van der Waals surface area contributed by atoms with E-state index < -0.39 is 77.5 Å². The van der Waals surface area contributed by atoms with Gasteiger partial charge in [-0.3, -0.25) is 9.35 Å². The van der Waals surface area contributed by atoms with Crippen molar-refractivity contribution in [2.45, 2.75) is 49.8 Å². The van der Waals surface area contributed by atoms with Gasteiger partial charge in [0, 0.05) is 66.0 Å². The number of rotatable bonds is 11. The van der Waals surface area contributed by atoms with Crippen LogP contribution in [0.15, 0.2) is 11.8 Å². The molecule has 2 radical (unpaired) electrons. The molecule has 0 aromatic rings. The maximum Gasteiger partial charge on any atom is 0.397 e. The van der Waals surface area contributed by atoms with Crippen LogP contribution >= 0.6 is 0 Å². The summed E-state index contributed by atoms with van der Waals surface area (Å²) in [5, 5.41) is 50.4. The molecule has 18 heteroatoms. The van der Waals surface area contributed by atoms with E-state index in [1.165, 1.54) is 0 Å². The molecule has 0 fully saturated rings. The normalized spacial score (nSPS) is 24.2. The molecule has 15 nitrogen and oxygen atoms in total.